The summed E-state index contributed by atoms with van der Waals surface area (Å²) in [7, 11) is 0. The van der Waals surface area contributed by atoms with Crippen LogP contribution in [0.5, 0.6) is 0 Å². The third kappa shape index (κ3) is 5.16. The van der Waals surface area contributed by atoms with Crippen LogP contribution in [0.1, 0.15) is 5.76 Å². The van der Waals surface area contributed by atoms with E-state index in [1.807, 2.05) is 0 Å². The minimum absolute atomic E-state index is 0.381. The summed E-state index contributed by atoms with van der Waals surface area (Å²) in [5.74, 6) is -0.556. The molecule has 1 aromatic heterocycles. The number of esters is 1. The molecular formula is C15H12ClNO4. The van der Waals surface area contributed by atoms with Gasteiger partial charge in [-0.1, -0.05) is 17.7 Å². The SMILES string of the molecule is O=C(COC(=O)/C=C/c1ccco1)Nc1cccc(Cl)c1. The zero-order chi connectivity index (χ0) is 15.1. The fraction of sp³-hybridized carbons (Fsp3) is 0.0667. The van der Waals surface area contributed by atoms with Gasteiger partial charge in [-0.25, -0.2) is 4.79 Å². The summed E-state index contributed by atoms with van der Waals surface area (Å²) in [5.41, 5.74) is 0.537. The van der Waals surface area contributed by atoms with Crippen molar-refractivity contribution in [1.82, 2.24) is 0 Å². The topological polar surface area (TPSA) is 68.5 Å². The van der Waals surface area contributed by atoms with Crippen molar-refractivity contribution < 1.29 is 18.7 Å². The monoisotopic (exact) mass is 305 g/mol. The van der Waals surface area contributed by atoms with E-state index in [1.165, 1.54) is 18.4 Å². The highest BCUT2D eigenvalue weighted by atomic mass is 35.5. The summed E-state index contributed by atoms with van der Waals surface area (Å²) in [6.07, 6.45) is 4.13. The molecule has 5 nitrogen and oxygen atoms in total. The smallest absolute Gasteiger partial charge is 0.331 e. The van der Waals surface area contributed by atoms with Gasteiger partial charge in [0.1, 0.15) is 5.76 Å². The number of furan rings is 1. The van der Waals surface area contributed by atoms with Crippen LogP contribution in [0.2, 0.25) is 5.02 Å². The molecule has 1 N–H and O–H groups in total. The van der Waals surface area contributed by atoms with Gasteiger partial charge in [0.2, 0.25) is 0 Å². The molecule has 21 heavy (non-hydrogen) atoms. The number of carbonyl (C=O) groups excluding carboxylic acids is 2. The summed E-state index contributed by atoms with van der Waals surface area (Å²) in [5, 5.41) is 3.07. The lowest BCUT2D eigenvalue weighted by molar-refractivity contribution is -0.142. The van der Waals surface area contributed by atoms with Crippen LogP contribution in [0.4, 0.5) is 5.69 Å². The Balaban J connectivity index is 1.77. The molecule has 6 heteroatoms. The summed E-state index contributed by atoms with van der Waals surface area (Å²) < 4.78 is 9.81. The lowest BCUT2D eigenvalue weighted by Gasteiger charge is -2.05. The van der Waals surface area contributed by atoms with Crippen molar-refractivity contribution >= 4 is 35.2 Å². The molecule has 1 heterocycles. The van der Waals surface area contributed by atoms with E-state index in [9.17, 15) is 9.59 Å². The Morgan fingerprint density at radius 1 is 1.29 bits per heavy atom. The molecule has 0 radical (unpaired) electrons. The molecule has 108 valence electrons. The number of nitrogens with one attached hydrogen (secondary N) is 1. The summed E-state index contributed by atoms with van der Waals surface area (Å²) in [6.45, 7) is -0.381. The second-order valence-corrected chi connectivity index (χ2v) is 4.45. The molecule has 0 unspecified atom stereocenters. The maximum absolute atomic E-state index is 11.6. The van der Waals surface area contributed by atoms with Gasteiger partial charge in [0, 0.05) is 16.8 Å². The molecule has 0 fully saturated rings. The molecule has 1 aromatic carbocycles. The fourth-order valence-corrected chi connectivity index (χ4v) is 1.67. The minimum Gasteiger partial charge on any atom is -0.465 e. The first kappa shape index (κ1) is 14.9. The van der Waals surface area contributed by atoms with Gasteiger partial charge in [0.15, 0.2) is 6.61 Å². The van der Waals surface area contributed by atoms with Gasteiger partial charge >= 0.3 is 5.97 Å². The normalized spacial score (nSPS) is 10.5. The number of benzene rings is 1. The van der Waals surface area contributed by atoms with Gasteiger partial charge in [0.25, 0.3) is 5.91 Å². The number of ether oxygens (including phenoxy) is 1. The van der Waals surface area contributed by atoms with E-state index in [0.29, 0.717) is 16.5 Å². The Bertz CT molecular complexity index is 649. The highest BCUT2D eigenvalue weighted by molar-refractivity contribution is 6.30. The Morgan fingerprint density at radius 3 is 2.86 bits per heavy atom. The number of amides is 1. The Kier molecular flexibility index (Phi) is 5.17. The van der Waals surface area contributed by atoms with Crippen molar-refractivity contribution in [1.29, 1.82) is 0 Å². The van der Waals surface area contributed by atoms with Gasteiger partial charge in [-0.2, -0.15) is 0 Å². The lowest BCUT2D eigenvalue weighted by Crippen LogP contribution is -2.20. The van der Waals surface area contributed by atoms with E-state index < -0.39 is 11.9 Å². The van der Waals surface area contributed by atoms with Crippen molar-refractivity contribution in [2.45, 2.75) is 0 Å². The average molecular weight is 306 g/mol. The predicted molar refractivity (Wildman–Crippen MR) is 78.8 cm³/mol. The first-order chi connectivity index (χ1) is 10.1. The van der Waals surface area contributed by atoms with E-state index >= 15 is 0 Å². The molecule has 1 amide bonds. The van der Waals surface area contributed by atoms with E-state index in [-0.39, 0.29) is 6.61 Å². The molecule has 0 aliphatic rings. The van der Waals surface area contributed by atoms with E-state index in [4.69, 9.17) is 20.8 Å². The highest BCUT2D eigenvalue weighted by Gasteiger charge is 2.06. The van der Waals surface area contributed by atoms with Crippen molar-refractivity contribution in [2.24, 2.45) is 0 Å². The van der Waals surface area contributed by atoms with Crippen LogP contribution in [0.25, 0.3) is 6.08 Å². The van der Waals surface area contributed by atoms with Crippen molar-refractivity contribution in [3.63, 3.8) is 0 Å². The standard InChI is InChI=1S/C15H12ClNO4/c16-11-3-1-4-12(9-11)17-14(18)10-21-15(19)7-6-13-5-2-8-20-13/h1-9H,10H2,(H,17,18)/b7-6+. The van der Waals surface area contributed by atoms with E-state index in [0.717, 1.165) is 0 Å². The summed E-state index contributed by atoms with van der Waals surface area (Å²) in [4.78, 5) is 23.0. The Hall–Kier alpha value is -2.53. The second-order valence-electron chi connectivity index (χ2n) is 4.01. The lowest BCUT2D eigenvalue weighted by atomic mass is 10.3. The largest absolute Gasteiger partial charge is 0.465 e. The first-order valence-corrected chi connectivity index (χ1v) is 6.45. The summed E-state index contributed by atoms with van der Waals surface area (Å²) in [6, 6.07) is 10.1. The van der Waals surface area contributed by atoms with E-state index in [1.54, 1.807) is 36.4 Å². The fourth-order valence-electron chi connectivity index (χ4n) is 1.48. The van der Waals surface area contributed by atoms with Gasteiger partial charge in [-0.15, -0.1) is 0 Å². The van der Waals surface area contributed by atoms with Crippen molar-refractivity contribution in [2.75, 3.05) is 11.9 Å². The average Bonchev–Trinajstić information content (AvgIpc) is 2.96. The molecule has 2 rings (SSSR count). The molecular weight excluding hydrogens is 294 g/mol. The number of hydrogen-bond donors (Lipinski definition) is 1. The number of hydrogen-bond acceptors (Lipinski definition) is 4. The van der Waals surface area contributed by atoms with Crippen LogP contribution < -0.4 is 5.32 Å². The first-order valence-electron chi connectivity index (χ1n) is 6.07. The maximum Gasteiger partial charge on any atom is 0.331 e. The third-order valence-electron chi connectivity index (χ3n) is 2.38. The zero-order valence-electron chi connectivity index (χ0n) is 10.9. The molecule has 0 aliphatic carbocycles. The highest BCUT2D eigenvalue weighted by Crippen LogP contribution is 2.14. The molecule has 0 spiro atoms. The number of anilines is 1. The Labute approximate surface area is 126 Å². The molecule has 2 aromatic rings. The van der Waals surface area contributed by atoms with Gasteiger partial charge in [0.05, 0.1) is 6.26 Å². The van der Waals surface area contributed by atoms with Crippen LogP contribution in [0.3, 0.4) is 0 Å². The molecule has 0 atom stereocenters. The Morgan fingerprint density at radius 2 is 2.14 bits per heavy atom. The molecule has 0 saturated heterocycles. The second kappa shape index (κ2) is 7.31. The summed E-state index contributed by atoms with van der Waals surface area (Å²) >= 11 is 5.79. The van der Waals surface area contributed by atoms with Crippen molar-refractivity contribution in [3.8, 4) is 0 Å². The van der Waals surface area contributed by atoms with Gasteiger partial charge in [-0.05, 0) is 36.4 Å². The van der Waals surface area contributed by atoms with E-state index in [2.05, 4.69) is 5.32 Å². The van der Waals surface area contributed by atoms with Crippen LogP contribution in [0.15, 0.2) is 53.2 Å². The van der Waals surface area contributed by atoms with Crippen LogP contribution in [0, 0.1) is 0 Å². The number of rotatable bonds is 5. The maximum atomic E-state index is 11.6. The van der Waals surface area contributed by atoms with Crippen LogP contribution in [-0.4, -0.2) is 18.5 Å². The zero-order valence-corrected chi connectivity index (χ0v) is 11.7. The minimum atomic E-state index is -0.632. The molecule has 0 saturated carbocycles. The van der Waals surface area contributed by atoms with Crippen LogP contribution >= 0.6 is 11.6 Å². The number of carbonyl (C=O) groups is 2. The number of halogens is 1. The van der Waals surface area contributed by atoms with Crippen molar-refractivity contribution in [3.05, 3.63) is 59.5 Å². The van der Waals surface area contributed by atoms with Crippen LogP contribution in [-0.2, 0) is 14.3 Å². The van der Waals surface area contributed by atoms with Gasteiger partial charge in [-0.3, -0.25) is 4.79 Å². The quantitative estimate of drug-likeness (QED) is 0.680. The molecule has 0 bridgehead atoms. The van der Waals surface area contributed by atoms with Gasteiger partial charge < -0.3 is 14.5 Å². The molecule has 0 aliphatic heterocycles. The third-order valence-corrected chi connectivity index (χ3v) is 2.62. The predicted octanol–water partition coefficient (Wildman–Crippen LogP) is 3.13.